The molecule has 0 saturated carbocycles. The van der Waals surface area contributed by atoms with Gasteiger partial charge in [0.2, 0.25) is 0 Å². The molecule has 1 aromatic carbocycles. The number of carbonyl (C=O) groups excluding carboxylic acids is 3. The van der Waals surface area contributed by atoms with Crippen molar-refractivity contribution in [3.05, 3.63) is 29.8 Å². The number of benzene rings is 1. The van der Waals surface area contributed by atoms with Gasteiger partial charge in [0.1, 0.15) is 5.75 Å². The number of rotatable bonds is 5. The van der Waals surface area contributed by atoms with Gasteiger partial charge in [-0.3, -0.25) is 10.1 Å². The number of primary amides is 1. The summed E-state index contributed by atoms with van der Waals surface area (Å²) >= 11 is 0. The second kappa shape index (κ2) is 7.17. The van der Waals surface area contributed by atoms with Crippen LogP contribution in [0.5, 0.6) is 5.75 Å². The van der Waals surface area contributed by atoms with Crippen molar-refractivity contribution in [3.63, 3.8) is 0 Å². The third kappa shape index (κ3) is 5.43. The number of esters is 1. The summed E-state index contributed by atoms with van der Waals surface area (Å²) in [5, 5.41) is 1.75. The normalized spacial score (nSPS) is 11.6. The van der Waals surface area contributed by atoms with Crippen molar-refractivity contribution in [3.8, 4) is 5.75 Å². The van der Waals surface area contributed by atoms with E-state index in [1.165, 1.54) is 19.1 Å². The van der Waals surface area contributed by atoms with E-state index in [0.717, 1.165) is 12.1 Å². The molecule has 0 saturated heterocycles. The molecule has 3 amide bonds. The van der Waals surface area contributed by atoms with Crippen molar-refractivity contribution in [2.75, 3.05) is 0 Å². The summed E-state index contributed by atoms with van der Waals surface area (Å²) in [6.07, 6.45) is -1.25. The minimum atomic E-state index is -2.97. The Bertz CT molecular complexity index is 533. The van der Waals surface area contributed by atoms with Gasteiger partial charge in [-0.05, 0) is 31.2 Å². The zero-order chi connectivity index (χ0) is 16.0. The third-order valence-electron chi connectivity index (χ3n) is 2.21. The summed E-state index contributed by atoms with van der Waals surface area (Å²) in [5.74, 6) is -1.87. The van der Waals surface area contributed by atoms with Gasteiger partial charge in [0, 0.05) is 0 Å². The van der Waals surface area contributed by atoms with Crippen LogP contribution in [0.15, 0.2) is 24.3 Å². The maximum absolute atomic E-state index is 11.9. The second-order valence-corrected chi connectivity index (χ2v) is 3.80. The number of alkyl halides is 2. The Morgan fingerprint density at radius 1 is 1.19 bits per heavy atom. The molecule has 0 radical (unpaired) electrons. The zero-order valence-electron chi connectivity index (χ0n) is 10.8. The van der Waals surface area contributed by atoms with Crippen LogP contribution in [0.3, 0.4) is 0 Å². The Morgan fingerprint density at radius 3 is 2.24 bits per heavy atom. The fourth-order valence-corrected chi connectivity index (χ4v) is 1.28. The summed E-state index contributed by atoms with van der Waals surface area (Å²) in [7, 11) is 0. The Morgan fingerprint density at radius 2 is 1.76 bits per heavy atom. The Balaban J connectivity index is 2.63. The lowest BCUT2D eigenvalue weighted by atomic mass is 10.2. The number of ether oxygens (including phenoxy) is 2. The summed E-state index contributed by atoms with van der Waals surface area (Å²) < 4.78 is 32.8. The smallest absolute Gasteiger partial charge is 0.387 e. The van der Waals surface area contributed by atoms with E-state index in [4.69, 9.17) is 10.5 Å². The molecule has 3 N–H and O–H groups in total. The van der Waals surface area contributed by atoms with E-state index in [9.17, 15) is 23.2 Å². The number of carbonyl (C=O) groups is 3. The molecule has 0 aliphatic heterocycles. The lowest BCUT2D eigenvalue weighted by Gasteiger charge is -2.12. The van der Waals surface area contributed by atoms with Gasteiger partial charge in [0.05, 0.1) is 5.56 Å². The molecule has 0 unspecified atom stereocenters. The molecule has 1 aromatic rings. The standard InChI is InChI=1S/C12H12F2N2O5/c1-6(9(17)16-12(15)19)20-10(18)7-2-4-8(5-3-7)21-11(13)14/h2-6,11H,1H3,(H3,15,16,17,19)/t6-/m1/s1. The van der Waals surface area contributed by atoms with Gasteiger partial charge in [-0.15, -0.1) is 0 Å². The SMILES string of the molecule is C[C@@H](OC(=O)c1ccc(OC(F)F)cc1)C(=O)NC(N)=O. The van der Waals surface area contributed by atoms with Crippen molar-refractivity contribution < 1.29 is 32.6 Å². The molecule has 114 valence electrons. The van der Waals surface area contributed by atoms with E-state index in [1.807, 2.05) is 0 Å². The number of nitrogens with one attached hydrogen (secondary N) is 1. The highest BCUT2D eigenvalue weighted by atomic mass is 19.3. The molecule has 1 atom stereocenters. The number of hydrogen-bond donors (Lipinski definition) is 2. The molecule has 1 rings (SSSR count). The zero-order valence-corrected chi connectivity index (χ0v) is 10.8. The van der Waals surface area contributed by atoms with Gasteiger partial charge in [0.15, 0.2) is 6.10 Å². The predicted molar refractivity (Wildman–Crippen MR) is 65.7 cm³/mol. The maximum Gasteiger partial charge on any atom is 0.387 e. The van der Waals surface area contributed by atoms with Crippen LogP contribution >= 0.6 is 0 Å². The van der Waals surface area contributed by atoms with Gasteiger partial charge >= 0.3 is 18.6 Å². The van der Waals surface area contributed by atoms with E-state index >= 15 is 0 Å². The van der Waals surface area contributed by atoms with Gasteiger partial charge in [-0.2, -0.15) is 8.78 Å². The van der Waals surface area contributed by atoms with E-state index in [-0.39, 0.29) is 11.3 Å². The van der Waals surface area contributed by atoms with Gasteiger partial charge in [-0.25, -0.2) is 9.59 Å². The van der Waals surface area contributed by atoms with Gasteiger partial charge in [-0.1, -0.05) is 0 Å². The third-order valence-corrected chi connectivity index (χ3v) is 2.21. The number of nitrogens with two attached hydrogens (primary N) is 1. The summed E-state index contributed by atoms with van der Waals surface area (Å²) in [4.78, 5) is 33.4. The Labute approximate surface area is 118 Å². The minimum absolute atomic E-state index is 0.0235. The lowest BCUT2D eigenvalue weighted by Crippen LogP contribution is -2.42. The first kappa shape index (κ1) is 16.3. The predicted octanol–water partition coefficient (Wildman–Crippen LogP) is 1.03. The molecule has 0 fully saturated rings. The van der Waals surface area contributed by atoms with Crippen LogP contribution in [-0.4, -0.2) is 30.6 Å². The highest BCUT2D eigenvalue weighted by Crippen LogP contribution is 2.15. The molecule has 0 spiro atoms. The van der Waals surface area contributed by atoms with Crippen molar-refractivity contribution in [1.82, 2.24) is 5.32 Å². The largest absolute Gasteiger partial charge is 0.449 e. The molecule has 0 aromatic heterocycles. The fraction of sp³-hybridized carbons (Fsp3) is 0.250. The topological polar surface area (TPSA) is 108 Å². The molecule has 0 heterocycles. The van der Waals surface area contributed by atoms with Crippen LogP contribution < -0.4 is 15.8 Å². The van der Waals surface area contributed by atoms with Crippen molar-refractivity contribution in [2.24, 2.45) is 5.73 Å². The first-order valence-corrected chi connectivity index (χ1v) is 5.65. The first-order chi connectivity index (χ1) is 9.79. The van der Waals surface area contributed by atoms with E-state index in [2.05, 4.69) is 4.74 Å². The maximum atomic E-state index is 11.9. The van der Waals surface area contributed by atoms with Gasteiger partial charge < -0.3 is 15.2 Å². The van der Waals surface area contributed by atoms with E-state index in [0.29, 0.717) is 0 Å². The van der Waals surface area contributed by atoms with Crippen LogP contribution in [-0.2, 0) is 9.53 Å². The second-order valence-electron chi connectivity index (χ2n) is 3.80. The van der Waals surface area contributed by atoms with Crippen LogP contribution in [0.1, 0.15) is 17.3 Å². The molecule has 9 heteroatoms. The molecule has 21 heavy (non-hydrogen) atoms. The average Bonchev–Trinajstić information content (AvgIpc) is 2.37. The lowest BCUT2D eigenvalue weighted by molar-refractivity contribution is -0.127. The molecule has 0 bridgehead atoms. The summed E-state index contributed by atoms with van der Waals surface area (Å²) in [6, 6.07) is 3.61. The highest BCUT2D eigenvalue weighted by molar-refractivity contribution is 5.98. The number of halogens is 2. The number of amides is 3. The Kier molecular flexibility index (Phi) is 5.58. The Hall–Kier alpha value is -2.71. The van der Waals surface area contributed by atoms with Crippen molar-refractivity contribution >= 4 is 17.9 Å². The summed E-state index contributed by atoms with van der Waals surface area (Å²) in [6.45, 7) is -1.73. The van der Waals surface area contributed by atoms with Crippen molar-refractivity contribution in [1.29, 1.82) is 0 Å². The van der Waals surface area contributed by atoms with E-state index in [1.54, 1.807) is 5.32 Å². The first-order valence-electron chi connectivity index (χ1n) is 5.65. The molecule has 0 aliphatic carbocycles. The monoisotopic (exact) mass is 302 g/mol. The van der Waals surface area contributed by atoms with Crippen LogP contribution in [0, 0.1) is 0 Å². The molecule has 7 nitrogen and oxygen atoms in total. The average molecular weight is 302 g/mol. The fourth-order valence-electron chi connectivity index (χ4n) is 1.28. The minimum Gasteiger partial charge on any atom is -0.449 e. The number of hydrogen-bond acceptors (Lipinski definition) is 5. The van der Waals surface area contributed by atoms with Crippen LogP contribution in [0.25, 0.3) is 0 Å². The molecule has 0 aliphatic rings. The van der Waals surface area contributed by atoms with Gasteiger partial charge in [0.25, 0.3) is 5.91 Å². The van der Waals surface area contributed by atoms with Crippen LogP contribution in [0.2, 0.25) is 0 Å². The summed E-state index contributed by atoms with van der Waals surface area (Å²) in [5.41, 5.74) is 4.77. The highest BCUT2D eigenvalue weighted by Gasteiger charge is 2.20. The molecular formula is C12H12F2N2O5. The molecular weight excluding hydrogens is 290 g/mol. The van der Waals surface area contributed by atoms with Crippen LogP contribution in [0.4, 0.5) is 13.6 Å². The van der Waals surface area contributed by atoms with Crippen molar-refractivity contribution in [2.45, 2.75) is 19.6 Å². The quantitative estimate of drug-likeness (QED) is 0.790. The van der Waals surface area contributed by atoms with E-state index < -0.39 is 30.6 Å². The number of imide groups is 1. The number of urea groups is 1.